The molecule has 0 saturated heterocycles. The van der Waals surface area contributed by atoms with E-state index in [1.54, 1.807) is 24.3 Å². The second-order valence-corrected chi connectivity index (χ2v) is 5.60. The molecule has 1 atom stereocenters. The normalized spacial score (nSPS) is 14.3. The van der Waals surface area contributed by atoms with Crippen LogP contribution in [0.1, 0.15) is 33.6 Å². The van der Waals surface area contributed by atoms with Gasteiger partial charge in [0.25, 0.3) is 11.8 Å². The van der Waals surface area contributed by atoms with Crippen LogP contribution in [0.15, 0.2) is 24.3 Å². The number of hydrogen-bond acceptors (Lipinski definition) is 6. The minimum atomic E-state index is -0.815. The molecule has 1 aromatic carbocycles. The number of nitrogens with zero attached hydrogens (tertiary/aromatic N) is 1. The molecule has 0 bridgehead atoms. The molecule has 0 radical (unpaired) electrons. The number of fused-ring (bicyclic) bond motifs is 1. The zero-order valence-corrected chi connectivity index (χ0v) is 14.0. The van der Waals surface area contributed by atoms with E-state index in [0.29, 0.717) is 17.5 Å². The molecule has 0 aliphatic carbocycles. The third kappa shape index (κ3) is 3.76. The van der Waals surface area contributed by atoms with Crippen molar-refractivity contribution in [1.82, 2.24) is 10.2 Å². The highest BCUT2D eigenvalue weighted by Gasteiger charge is 2.34. The fraction of sp³-hybridized carbons (Fsp3) is 0.375. The molecule has 1 aliphatic rings. The highest BCUT2D eigenvalue weighted by Crippen LogP contribution is 2.22. The summed E-state index contributed by atoms with van der Waals surface area (Å²) in [6.07, 6.45) is 0.381. The van der Waals surface area contributed by atoms with Gasteiger partial charge in [0.05, 0.1) is 18.2 Å². The molecular formula is C16H18N2O5S. The molecule has 1 heterocycles. The van der Waals surface area contributed by atoms with Crippen LogP contribution in [-0.2, 0) is 14.3 Å². The lowest BCUT2D eigenvalue weighted by atomic mass is 10.1. The van der Waals surface area contributed by atoms with Gasteiger partial charge in [-0.2, -0.15) is 12.6 Å². The first-order valence-corrected chi connectivity index (χ1v) is 8.06. The Labute approximate surface area is 144 Å². The molecule has 1 N–H and O–H groups in total. The van der Waals surface area contributed by atoms with Crippen LogP contribution in [0.5, 0.6) is 0 Å². The predicted octanol–water partition coefficient (Wildman–Crippen LogP) is 0.650. The molecule has 1 aromatic rings. The first-order valence-electron chi connectivity index (χ1n) is 7.43. The number of benzene rings is 1. The van der Waals surface area contributed by atoms with Crippen LogP contribution in [0.25, 0.3) is 0 Å². The first-order chi connectivity index (χ1) is 11.5. The van der Waals surface area contributed by atoms with E-state index in [1.807, 2.05) is 0 Å². The zero-order chi connectivity index (χ0) is 17.7. The van der Waals surface area contributed by atoms with Crippen LogP contribution in [0.2, 0.25) is 0 Å². The van der Waals surface area contributed by atoms with E-state index in [9.17, 15) is 19.2 Å². The fourth-order valence-electron chi connectivity index (χ4n) is 2.43. The van der Waals surface area contributed by atoms with E-state index in [0.717, 1.165) is 4.90 Å². The molecule has 1 unspecified atom stereocenters. The number of ether oxygens (including phenoxy) is 1. The third-order valence-corrected chi connectivity index (χ3v) is 4.03. The summed E-state index contributed by atoms with van der Waals surface area (Å²) >= 11 is 3.98. The summed E-state index contributed by atoms with van der Waals surface area (Å²) < 4.78 is 4.55. The monoisotopic (exact) mass is 350 g/mol. The lowest BCUT2D eigenvalue weighted by Crippen LogP contribution is -2.43. The van der Waals surface area contributed by atoms with Gasteiger partial charge in [0.2, 0.25) is 5.91 Å². The number of rotatable bonds is 7. The van der Waals surface area contributed by atoms with Crippen molar-refractivity contribution in [3.63, 3.8) is 0 Å². The molecule has 1 aliphatic heterocycles. The second kappa shape index (κ2) is 7.96. The summed E-state index contributed by atoms with van der Waals surface area (Å²) in [7, 11) is 1.23. The predicted molar refractivity (Wildman–Crippen MR) is 88.8 cm³/mol. The topological polar surface area (TPSA) is 92.8 Å². The molecule has 0 saturated carbocycles. The zero-order valence-electron chi connectivity index (χ0n) is 13.2. The van der Waals surface area contributed by atoms with Gasteiger partial charge in [-0.3, -0.25) is 19.3 Å². The standard InChI is InChI=1S/C16H18N2O5S/c1-23-16(22)12(9-24)17-13(19)7-4-8-18-14(20)10-5-2-3-6-11(10)15(18)21/h2-3,5-6,12,24H,4,7-9H2,1H3,(H,17,19). The Morgan fingerprint density at radius 2 is 1.79 bits per heavy atom. The molecule has 3 amide bonds. The van der Waals surface area contributed by atoms with Crippen molar-refractivity contribution in [2.24, 2.45) is 0 Å². The summed E-state index contributed by atoms with van der Waals surface area (Å²) in [5.41, 5.74) is 0.764. The Morgan fingerprint density at radius 1 is 1.21 bits per heavy atom. The van der Waals surface area contributed by atoms with Crippen LogP contribution in [0, 0.1) is 0 Å². The quantitative estimate of drug-likeness (QED) is 0.428. The van der Waals surface area contributed by atoms with Crippen molar-refractivity contribution >= 4 is 36.3 Å². The Balaban J connectivity index is 1.85. The van der Waals surface area contributed by atoms with Crippen molar-refractivity contribution in [3.8, 4) is 0 Å². The number of esters is 1. The van der Waals surface area contributed by atoms with Gasteiger partial charge < -0.3 is 10.1 Å². The summed E-state index contributed by atoms with van der Waals surface area (Å²) in [5, 5.41) is 2.50. The van der Waals surface area contributed by atoms with Crippen LogP contribution in [0.3, 0.4) is 0 Å². The maximum absolute atomic E-state index is 12.2. The number of carbonyl (C=O) groups is 4. The lowest BCUT2D eigenvalue weighted by Gasteiger charge is -2.15. The van der Waals surface area contributed by atoms with Gasteiger partial charge in [0.15, 0.2) is 0 Å². The van der Waals surface area contributed by atoms with Crippen LogP contribution in [0.4, 0.5) is 0 Å². The molecular weight excluding hydrogens is 332 g/mol. The van der Waals surface area contributed by atoms with E-state index in [1.165, 1.54) is 7.11 Å². The van der Waals surface area contributed by atoms with Gasteiger partial charge in [0, 0.05) is 18.7 Å². The highest BCUT2D eigenvalue weighted by molar-refractivity contribution is 7.80. The van der Waals surface area contributed by atoms with Gasteiger partial charge in [-0.15, -0.1) is 0 Å². The van der Waals surface area contributed by atoms with Crippen molar-refractivity contribution in [1.29, 1.82) is 0 Å². The molecule has 0 spiro atoms. The molecule has 7 nitrogen and oxygen atoms in total. The average molecular weight is 350 g/mol. The molecule has 8 heteroatoms. The summed E-state index contributed by atoms with van der Waals surface area (Å²) in [6, 6.07) is 5.80. The average Bonchev–Trinajstić information content (AvgIpc) is 2.84. The van der Waals surface area contributed by atoms with Crippen LogP contribution in [-0.4, -0.2) is 54.0 Å². The Morgan fingerprint density at radius 3 is 2.29 bits per heavy atom. The number of imide groups is 1. The van der Waals surface area contributed by atoms with E-state index in [4.69, 9.17) is 0 Å². The van der Waals surface area contributed by atoms with E-state index >= 15 is 0 Å². The SMILES string of the molecule is COC(=O)C(CS)NC(=O)CCCN1C(=O)c2ccccc2C1=O. The number of carbonyl (C=O) groups excluding carboxylic acids is 4. The summed E-state index contributed by atoms with van der Waals surface area (Å²) in [6.45, 7) is 0.142. The molecule has 2 rings (SSSR count). The van der Waals surface area contributed by atoms with Crippen molar-refractivity contribution < 1.29 is 23.9 Å². The minimum Gasteiger partial charge on any atom is -0.467 e. The van der Waals surface area contributed by atoms with E-state index < -0.39 is 12.0 Å². The fourth-order valence-corrected chi connectivity index (χ4v) is 2.67. The van der Waals surface area contributed by atoms with Gasteiger partial charge in [0.1, 0.15) is 6.04 Å². The second-order valence-electron chi connectivity index (χ2n) is 5.24. The minimum absolute atomic E-state index is 0.0781. The number of methoxy groups -OCH3 is 1. The van der Waals surface area contributed by atoms with E-state index in [-0.39, 0.29) is 36.4 Å². The molecule has 128 valence electrons. The molecule has 0 aromatic heterocycles. The number of nitrogens with one attached hydrogen (secondary N) is 1. The first kappa shape index (κ1) is 18.0. The van der Waals surface area contributed by atoms with Crippen molar-refractivity contribution in [2.75, 3.05) is 19.4 Å². The Bertz CT molecular complexity index is 641. The number of hydrogen-bond donors (Lipinski definition) is 2. The van der Waals surface area contributed by atoms with Gasteiger partial charge >= 0.3 is 5.97 Å². The van der Waals surface area contributed by atoms with Crippen molar-refractivity contribution in [2.45, 2.75) is 18.9 Å². The third-order valence-electron chi connectivity index (χ3n) is 3.67. The lowest BCUT2D eigenvalue weighted by molar-refractivity contribution is -0.144. The number of thiol groups is 1. The molecule has 0 fully saturated rings. The van der Waals surface area contributed by atoms with Gasteiger partial charge in [-0.25, -0.2) is 4.79 Å². The summed E-state index contributed by atoms with van der Waals surface area (Å²) in [4.78, 5) is 48.7. The Hall–Kier alpha value is -2.35. The largest absolute Gasteiger partial charge is 0.467 e. The smallest absolute Gasteiger partial charge is 0.329 e. The number of amides is 3. The van der Waals surface area contributed by atoms with Crippen molar-refractivity contribution in [3.05, 3.63) is 35.4 Å². The van der Waals surface area contributed by atoms with Gasteiger partial charge in [-0.1, -0.05) is 12.1 Å². The van der Waals surface area contributed by atoms with Gasteiger partial charge in [-0.05, 0) is 18.6 Å². The maximum Gasteiger partial charge on any atom is 0.329 e. The van der Waals surface area contributed by atoms with Crippen LogP contribution < -0.4 is 5.32 Å². The summed E-state index contributed by atoms with van der Waals surface area (Å²) in [5.74, 6) is -1.51. The molecule has 24 heavy (non-hydrogen) atoms. The highest BCUT2D eigenvalue weighted by atomic mass is 32.1. The van der Waals surface area contributed by atoms with Crippen LogP contribution >= 0.6 is 12.6 Å². The van der Waals surface area contributed by atoms with E-state index in [2.05, 4.69) is 22.7 Å². The maximum atomic E-state index is 12.2. The Kier molecular flexibility index (Phi) is 5.97.